The average Bonchev–Trinajstić information content (AvgIpc) is 2.93. The predicted molar refractivity (Wildman–Crippen MR) is 149 cm³/mol. The van der Waals surface area contributed by atoms with Gasteiger partial charge in [0.15, 0.2) is 0 Å². The summed E-state index contributed by atoms with van der Waals surface area (Å²) >= 11 is 0. The lowest BCUT2D eigenvalue weighted by Crippen LogP contribution is -2.52. The normalized spacial score (nSPS) is 19.7. The average molecular weight is 553 g/mol. The third kappa shape index (κ3) is 8.16. The van der Waals surface area contributed by atoms with Crippen molar-refractivity contribution < 1.29 is 38.1 Å². The van der Waals surface area contributed by atoms with Gasteiger partial charge in [-0.1, -0.05) is 48.5 Å². The van der Waals surface area contributed by atoms with E-state index in [0.717, 1.165) is 60.8 Å². The number of ether oxygens (including phenoxy) is 4. The molecular weight excluding hydrogens is 512 g/mol. The molecule has 216 valence electrons. The summed E-state index contributed by atoms with van der Waals surface area (Å²) in [5, 5.41) is 0. The highest BCUT2D eigenvalue weighted by Gasteiger charge is 2.59. The fourth-order valence-corrected chi connectivity index (χ4v) is 5.54. The molecule has 0 spiro atoms. The van der Waals surface area contributed by atoms with Crippen LogP contribution in [-0.4, -0.2) is 51.3 Å². The van der Waals surface area contributed by atoms with E-state index in [2.05, 4.69) is 24.3 Å². The first-order valence-corrected chi connectivity index (χ1v) is 13.9. The second-order valence-corrected chi connectivity index (χ2v) is 10.2. The Balaban J connectivity index is 1.75. The number of carbonyl (C=O) groups is 4. The first kappa shape index (κ1) is 30.9. The predicted octanol–water partition coefficient (Wildman–Crippen LogP) is 4.92. The second kappa shape index (κ2) is 15.2. The number of aryl methyl sites for hydroxylation is 2. The van der Waals surface area contributed by atoms with Crippen LogP contribution in [-0.2, 0) is 51.0 Å². The van der Waals surface area contributed by atoms with Crippen LogP contribution in [0.4, 0.5) is 0 Å². The highest BCUT2D eigenvalue weighted by Crippen LogP contribution is 2.58. The fraction of sp³-hybridized carbons (Fsp3) is 0.500. The molecule has 0 saturated heterocycles. The molecule has 1 aliphatic carbocycles. The largest absolute Gasteiger partial charge is 0.469 e. The molecule has 1 saturated carbocycles. The Hall–Kier alpha value is -3.68. The summed E-state index contributed by atoms with van der Waals surface area (Å²) in [6, 6.07) is 16.3. The Kier molecular flexibility index (Phi) is 11.7. The molecule has 4 atom stereocenters. The van der Waals surface area contributed by atoms with Crippen molar-refractivity contribution in [3.05, 3.63) is 70.8 Å². The van der Waals surface area contributed by atoms with Crippen molar-refractivity contribution in [2.45, 2.75) is 64.2 Å². The molecular formula is C32H40O8. The van der Waals surface area contributed by atoms with Crippen molar-refractivity contribution in [3.63, 3.8) is 0 Å². The summed E-state index contributed by atoms with van der Waals surface area (Å²) in [4.78, 5) is 47.6. The lowest BCUT2D eigenvalue weighted by atomic mass is 9.52. The van der Waals surface area contributed by atoms with Crippen LogP contribution in [0.1, 0.15) is 73.6 Å². The first-order chi connectivity index (χ1) is 19.3. The van der Waals surface area contributed by atoms with Crippen LogP contribution >= 0.6 is 0 Å². The summed E-state index contributed by atoms with van der Waals surface area (Å²) in [5.41, 5.74) is 4.25. The zero-order valence-corrected chi connectivity index (χ0v) is 23.9. The first-order valence-electron chi connectivity index (χ1n) is 13.9. The number of rotatable bonds is 14. The number of methoxy groups -OCH3 is 2. The van der Waals surface area contributed by atoms with E-state index in [0.29, 0.717) is 13.2 Å². The van der Waals surface area contributed by atoms with Crippen molar-refractivity contribution >= 4 is 23.9 Å². The van der Waals surface area contributed by atoms with Gasteiger partial charge < -0.3 is 18.9 Å². The van der Waals surface area contributed by atoms with Gasteiger partial charge in [-0.3, -0.25) is 19.2 Å². The molecule has 1 aliphatic rings. The fourth-order valence-electron chi connectivity index (χ4n) is 5.54. The minimum Gasteiger partial charge on any atom is -0.469 e. The Morgan fingerprint density at radius 3 is 1.23 bits per heavy atom. The topological polar surface area (TPSA) is 105 Å². The van der Waals surface area contributed by atoms with Gasteiger partial charge in [-0.25, -0.2) is 0 Å². The van der Waals surface area contributed by atoms with Crippen molar-refractivity contribution in [2.75, 3.05) is 27.4 Å². The molecule has 2 aromatic carbocycles. The van der Waals surface area contributed by atoms with E-state index in [1.54, 1.807) is 0 Å². The van der Waals surface area contributed by atoms with E-state index in [1.165, 1.54) is 28.1 Å². The quantitative estimate of drug-likeness (QED) is 0.185. The Labute approximate surface area is 236 Å². The van der Waals surface area contributed by atoms with E-state index in [4.69, 9.17) is 18.9 Å². The van der Waals surface area contributed by atoms with Gasteiger partial charge in [-0.05, 0) is 60.8 Å². The van der Waals surface area contributed by atoms with Crippen LogP contribution in [0.2, 0.25) is 0 Å². The third-order valence-electron chi connectivity index (χ3n) is 7.55. The molecule has 0 aromatic heterocycles. The SMILES string of the molecule is COC(=O)[C@@H]1[C@H](C(=O)OC)[C@@H](c2ccc(CCCCOC(C)=O)cc2)[C@H]1c1ccc(CCCCOC(C)=O)cc1. The molecule has 0 radical (unpaired) electrons. The Morgan fingerprint density at radius 1 is 0.575 bits per heavy atom. The maximum absolute atomic E-state index is 12.9. The monoisotopic (exact) mass is 552 g/mol. The lowest BCUT2D eigenvalue weighted by Gasteiger charge is -2.49. The molecule has 2 aromatic rings. The molecule has 1 fully saturated rings. The summed E-state index contributed by atoms with van der Waals surface area (Å²) in [5.74, 6) is -3.12. The van der Waals surface area contributed by atoms with Gasteiger partial charge >= 0.3 is 23.9 Å². The number of carbonyl (C=O) groups excluding carboxylic acids is 4. The van der Waals surface area contributed by atoms with Gasteiger partial charge in [0.1, 0.15) is 0 Å². The van der Waals surface area contributed by atoms with Crippen LogP contribution in [0.15, 0.2) is 48.5 Å². The highest BCUT2D eigenvalue weighted by molar-refractivity contribution is 5.87. The summed E-state index contributed by atoms with van der Waals surface area (Å²) < 4.78 is 20.2. The minimum absolute atomic E-state index is 0.232. The molecule has 8 heteroatoms. The van der Waals surface area contributed by atoms with Crippen LogP contribution in [0.25, 0.3) is 0 Å². The molecule has 0 heterocycles. The highest BCUT2D eigenvalue weighted by atomic mass is 16.5. The molecule has 0 N–H and O–H groups in total. The molecule has 0 aliphatic heterocycles. The molecule has 40 heavy (non-hydrogen) atoms. The van der Waals surface area contributed by atoms with Gasteiger partial charge in [0, 0.05) is 25.7 Å². The van der Waals surface area contributed by atoms with Gasteiger partial charge in [0.25, 0.3) is 0 Å². The molecule has 0 amide bonds. The summed E-state index contributed by atoms with van der Waals surface area (Å²) in [7, 11) is 2.69. The third-order valence-corrected chi connectivity index (χ3v) is 7.55. The van der Waals surface area contributed by atoms with Crippen LogP contribution in [0.5, 0.6) is 0 Å². The van der Waals surface area contributed by atoms with Crippen molar-refractivity contribution in [1.29, 1.82) is 0 Å². The number of unbranched alkanes of at least 4 members (excludes halogenated alkanes) is 2. The van der Waals surface area contributed by atoms with Crippen molar-refractivity contribution in [2.24, 2.45) is 11.8 Å². The summed E-state index contributed by atoms with van der Waals surface area (Å²) in [6.45, 7) is 3.65. The lowest BCUT2D eigenvalue weighted by molar-refractivity contribution is -0.168. The Morgan fingerprint density at radius 2 is 0.925 bits per heavy atom. The maximum Gasteiger partial charge on any atom is 0.310 e. The molecule has 0 bridgehead atoms. The number of esters is 4. The maximum atomic E-state index is 12.9. The van der Waals surface area contributed by atoms with E-state index < -0.39 is 23.8 Å². The van der Waals surface area contributed by atoms with Crippen molar-refractivity contribution in [1.82, 2.24) is 0 Å². The van der Waals surface area contributed by atoms with E-state index in [-0.39, 0.29) is 23.8 Å². The van der Waals surface area contributed by atoms with E-state index in [1.807, 2.05) is 24.3 Å². The van der Waals surface area contributed by atoms with Gasteiger partial charge in [-0.15, -0.1) is 0 Å². The van der Waals surface area contributed by atoms with Crippen molar-refractivity contribution in [3.8, 4) is 0 Å². The smallest absolute Gasteiger partial charge is 0.310 e. The number of benzene rings is 2. The number of hydrogen-bond acceptors (Lipinski definition) is 8. The minimum atomic E-state index is -0.641. The molecule has 8 nitrogen and oxygen atoms in total. The zero-order valence-electron chi connectivity index (χ0n) is 23.9. The Bertz CT molecular complexity index is 1050. The zero-order chi connectivity index (χ0) is 29.1. The van der Waals surface area contributed by atoms with Crippen LogP contribution in [0.3, 0.4) is 0 Å². The van der Waals surface area contributed by atoms with Gasteiger partial charge in [0.2, 0.25) is 0 Å². The van der Waals surface area contributed by atoms with Gasteiger partial charge in [0.05, 0.1) is 39.3 Å². The van der Waals surface area contributed by atoms with Crippen LogP contribution < -0.4 is 0 Å². The van der Waals surface area contributed by atoms with E-state index >= 15 is 0 Å². The van der Waals surface area contributed by atoms with Crippen LogP contribution in [0, 0.1) is 11.8 Å². The standard InChI is InChI=1S/C32H40O8/c1-21(33)39-19-7-5-9-23-11-15-25(16-12-23)27-28(30(32(36)38-4)29(27)31(35)37-3)26-17-13-24(14-18-26)10-6-8-20-40-22(2)34/h11-18,27-30H,5-10,19-20H2,1-4H3/t27-,28+,29+,30-. The summed E-state index contributed by atoms with van der Waals surface area (Å²) in [6.07, 6.45) is 5.07. The second-order valence-electron chi connectivity index (χ2n) is 10.2. The molecule has 3 rings (SSSR count). The number of hydrogen-bond donors (Lipinski definition) is 0. The van der Waals surface area contributed by atoms with E-state index in [9.17, 15) is 19.2 Å². The van der Waals surface area contributed by atoms with Gasteiger partial charge in [-0.2, -0.15) is 0 Å². The molecule has 0 unspecified atom stereocenters.